The first-order chi connectivity index (χ1) is 14.0. The van der Waals surface area contributed by atoms with Crippen LogP contribution in [-0.4, -0.2) is 71.4 Å². The number of oxazole rings is 1. The van der Waals surface area contributed by atoms with Gasteiger partial charge in [-0.3, -0.25) is 14.5 Å². The van der Waals surface area contributed by atoms with Crippen LogP contribution in [0.25, 0.3) is 0 Å². The Morgan fingerprint density at radius 3 is 2.90 bits per heavy atom. The average molecular weight is 404 g/mol. The number of methoxy groups -OCH3 is 1. The number of aromatic nitrogens is 1. The number of rotatable bonds is 5. The number of nitrogens with one attached hydrogen (secondary N) is 1. The molecule has 9 nitrogen and oxygen atoms in total. The zero-order valence-electron chi connectivity index (χ0n) is 16.9. The second-order valence-electron chi connectivity index (χ2n) is 8.33. The monoisotopic (exact) mass is 404 g/mol. The second-order valence-corrected chi connectivity index (χ2v) is 8.33. The van der Waals surface area contributed by atoms with Crippen LogP contribution in [0, 0.1) is 11.8 Å². The van der Waals surface area contributed by atoms with Crippen molar-refractivity contribution in [2.75, 3.05) is 26.7 Å². The molecular weight excluding hydrogens is 376 g/mol. The van der Waals surface area contributed by atoms with E-state index >= 15 is 0 Å². The summed E-state index contributed by atoms with van der Waals surface area (Å²) < 4.78 is 10.1. The number of carbonyl (C=O) groups excluding carboxylic acids is 3. The van der Waals surface area contributed by atoms with E-state index in [-0.39, 0.29) is 35.5 Å². The van der Waals surface area contributed by atoms with Gasteiger partial charge in [0.25, 0.3) is 0 Å². The van der Waals surface area contributed by atoms with Gasteiger partial charge in [-0.2, -0.15) is 0 Å². The van der Waals surface area contributed by atoms with Crippen LogP contribution in [0.15, 0.2) is 10.7 Å². The average Bonchev–Trinajstić information content (AvgIpc) is 3.16. The first-order valence-electron chi connectivity index (χ1n) is 10.3. The van der Waals surface area contributed by atoms with Crippen LogP contribution in [0.2, 0.25) is 0 Å². The third kappa shape index (κ3) is 4.01. The number of carbonyl (C=O) groups is 3. The van der Waals surface area contributed by atoms with Crippen molar-refractivity contribution in [3.05, 3.63) is 17.8 Å². The van der Waals surface area contributed by atoms with Crippen molar-refractivity contribution in [2.24, 2.45) is 11.8 Å². The van der Waals surface area contributed by atoms with Gasteiger partial charge in [0.15, 0.2) is 5.69 Å². The zero-order chi connectivity index (χ0) is 20.5. The summed E-state index contributed by atoms with van der Waals surface area (Å²) in [6, 6.07) is 0.246. The Labute approximate surface area is 169 Å². The molecule has 3 aliphatic heterocycles. The van der Waals surface area contributed by atoms with Crippen molar-refractivity contribution in [2.45, 2.75) is 51.2 Å². The topological polar surface area (TPSA) is 105 Å². The van der Waals surface area contributed by atoms with Gasteiger partial charge in [0, 0.05) is 39.0 Å². The number of nitrogens with zero attached hydrogens (tertiary/aromatic N) is 3. The lowest BCUT2D eigenvalue weighted by molar-refractivity contribution is -0.153. The third-order valence-electron chi connectivity index (χ3n) is 6.44. The summed E-state index contributed by atoms with van der Waals surface area (Å²) in [7, 11) is 1.31. The molecule has 3 aliphatic rings. The smallest absolute Gasteiger partial charge is 0.360 e. The van der Waals surface area contributed by atoms with E-state index in [4.69, 9.17) is 4.42 Å². The minimum absolute atomic E-state index is 0.0194. The van der Waals surface area contributed by atoms with Crippen molar-refractivity contribution in [1.29, 1.82) is 0 Å². The summed E-state index contributed by atoms with van der Waals surface area (Å²) in [6.45, 7) is 4.18. The standard InChI is InChI=1S/C20H28N4O5/c1-12(25)21-7-17-14-6-13(16-4-3-5-19(26)24(16)17)8-23(9-14)10-18-22-15(11-29-18)20(27)28-2/h11,13-14,16-17H,3-10H2,1-2H3,(H,21,25)/t13-,14+,16+,17+/m1/s1. The fraction of sp³-hybridized carbons (Fsp3) is 0.700. The number of esters is 1. The van der Waals surface area contributed by atoms with Gasteiger partial charge in [0.1, 0.15) is 6.26 Å². The molecule has 4 rings (SSSR count). The predicted octanol–water partition coefficient (Wildman–Crippen LogP) is 0.799. The van der Waals surface area contributed by atoms with Crippen molar-refractivity contribution in [3.63, 3.8) is 0 Å². The van der Waals surface area contributed by atoms with Crippen LogP contribution in [0.4, 0.5) is 0 Å². The van der Waals surface area contributed by atoms with Crippen LogP contribution in [-0.2, 0) is 20.9 Å². The maximum Gasteiger partial charge on any atom is 0.360 e. The van der Waals surface area contributed by atoms with E-state index in [0.29, 0.717) is 31.3 Å². The SMILES string of the molecule is COC(=O)c1coc(CN2C[C@H]3C[C@@H](C2)[C@H](CNC(C)=O)N2C(=O)CCC[C@@H]32)n1. The Morgan fingerprint density at radius 2 is 2.14 bits per heavy atom. The largest absolute Gasteiger partial charge is 0.464 e. The van der Waals surface area contributed by atoms with E-state index in [1.807, 2.05) is 0 Å². The highest BCUT2D eigenvalue weighted by Crippen LogP contribution is 2.41. The van der Waals surface area contributed by atoms with Crippen LogP contribution < -0.4 is 5.32 Å². The number of piperidine rings is 3. The molecule has 0 aliphatic carbocycles. The fourth-order valence-electron chi connectivity index (χ4n) is 5.29. The Kier molecular flexibility index (Phi) is 5.58. The Hall–Kier alpha value is -2.42. The van der Waals surface area contributed by atoms with Crippen LogP contribution in [0.5, 0.6) is 0 Å². The highest BCUT2D eigenvalue weighted by molar-refractivity contribution is 5.86. The molecule has 1 N–H and O–H groups in total. The molecule has 4 heterocycles. The Morgan fingerprint density at radius 1 is 1.34 bits per heavy atom. The molecule has 0 saturated carbocycles. The summed E-state index contributed by atoms with van der Waals surface area (Å²) in [4.78, 5) is 44.4. The lowest BCUT2D eigenvalue weighted by Crippen LogP contribution is -2.66. The summed E-state index contributed by atoms with van der Waals surface area (Å²) >= 11 is 0. The normalized spacial score (nSPS) is 29.3. The first kappa shape index (κ1) is 19.9. The van der Waals surface area contributed by atoms with Crippen molar-refractivity contribution < 1.29 is 23.5 Å². The number of amides is 2. The fourth-order valence-corrected chi connectivity index (χ4v) is 5.29. The Bertz CT molecular complexity index is 794. The highest BCUT2D eigenvalue weighted by atomic mass is 16.5. The predicted molar refractivity (Wildman–Crippen MR) is 102 cm³/mol. The minimum Gasteiger partial charge on any atom is -0.464 e. The first-order valence-corrected chi connectivity index (χ1v) is 10.3. The van der Waals surface area contributed by atoms with Crippen molar-refractivity contribution in [3.8, 4) is 0 Å². The number of likely N-dealkylation sites (tertiary alicyclic amines) is 1. The van der Waals surface area contributed by atoms with Gasteiger partial charge in [-0.05, 0) is 31.1 Å². The third-order valence-corrected chi connectivity index (χ3v) is 6.44. The molecule has 1 aromatic rings. The van der Waals surface area contributed by atoms with E-state index < -0.39 is 5.97 Å². The van der Waals surface area contributed by atoms with Crippen molar-refractivity contribution in [1.82, 2.24) is 20.1 Å². The summed E-state index contributed by atoms with van der Waals surface area (Å²) in [6.07, 6.45) is 4.93. The van der Waals surface area contributed by atoms with Gasteiger partial charge in [0.05, 0.1) is 19.7 Å². The maximum atomic E-state index is 12.7. The molecule has 3 fully saturated rings. The molecule has 9 heteroatoms. The quantitative estimate of drug-likeness (QED) is 0.724. The lowest BCUT2D eigenvalue weighted by atomic mass is 9.72. The molecule has 2 amide bonds. The molecule has 2 bridgehead atoms. The molecule has 29 heavy (non-hydrogen) atoms. The molecule has 0 spiro atoms. The van der Waals surface area contributed by atoms with Crippen molar-refractivity contribution >= 4 is 17.8 Å². The van der Waals surface area contributed by atoms with Crippen LogP contribution in [0.3, 0.4) is 0 Å². The number of hydrogen-bond donors (Lipinski definition) is 1. The minimum atomic E-state index is -0.512. The van der Waals surface area contributed by atoms with E-state index in [9.17, 15) is 14.4 Å². The summed E-state index contributed by atoms with van der Waals surface area (Å²) in [5.41, 5.74) is 0.173. The number of fused-ring (bicyclic) bond motifs is 4. The molecular formula is C20H28N4O5. The number of ether oxygens (including phenoxy) is 1. The molecule has 1 aromatic heterocycles. The van der Waals surface area contributed by atoms with Gasteiger partial charge < -0.3 is 19.4 Å². The van der Waals surface area contributed by atoms with Crippen LogP contribution >= 0.6 is 0 Å². The van der Waals surface area contributed by atoms with E-state index in [1.165, 1.54) is 20.3 Å². The Balaban J connectivity index is 1.50. The molecule has 0 radical (unpaired) electrons. The molecule has 0 aromatic carbocycles. The van der Waals surface area contributed by atoms with E-state index in [0.717, 1.165) is 32.4 Å². The molecule has 4 atom stereocenters. The number of hydrogen-bond acceptors (Lipinski definition) is 7. The lowest BCUT2D eigenvalue weighted by Gasteiger charge is -2.56. The maximum absolute atomic E-state index is 12.7. The van der Waals surface area contributed by atoms with E-state index in [1.54, 1.807) is 0 Å². The summed E-state index contributed by atoms with van der Waals surface area (Å²) in [5, 5.41) is 2.93. The second kappa shape index (κ2) is 8.14. The van der Waals surface area contributed by atoms with Gasteiger partial charge in [-0.15, -0.1) is 0 Å². The van der Waals surface area contributed by atoms with Gasteiger partial charge in [0.2, 0.25) is 17.7 Å². The van der Waals surface area contributed by atoms with Gasteiger partial charge in [-0.1, -0.05) is 0 Å². The van der Waals surface area contributed by atoms with Crippen LogP contribution in [0.1, 0.15) is 49.0 Å². The van der Waals surface area contributed by atoms with Gasteiger partial charge >= 0.3 is 5.97 Å². The molecule has 158 valence electrons. The zero-order valence-corrected chi connectivity index (χ0v) is 16.9. The summed E-state index contributed by atoms with van der Waals surface area (Å²) in [5.74, 6) is 0.809. The van der Waals surface area contributed by atoms with E-state index in [2.05, 4.69) is 24.8 Å². The molecule has 3 saturated heterocycles. The molecule has 0 unspecified atom stereocenters. The highest BCUT2D eigenvalue weighted by Gasteiger charge is 2.49. The van der Waals surface area contributed by atoms with Gasteiger partial charge in [-0.25, -0.2) is 9.78 Å².